The maximum atomic E-state index is 13.1. The quantitative estimate of drug-likeness (QED) is 0.584. The lowest BCUT2D eigenvalue weighted by atomic mass is 10.0. The monoisotopic (exact) mass is 455 g/mol. The summed E-state index contributed by atoms with van der Waals surface area (Å²) in [5.41, 5.74) is 15.8. The van der Waals surface area contributed by atoms with Crippen LogP contribution in [0.15, 0.2) is 42.6 Å². The summed E-state index contributed by atoms with van der Waals surface area (Å²) in [6.45, 7) is 3.86. The van der Waals surface area contributed by atoms with Crippen molar-refractivity contribution in [3.05, 3.63) is 65.0 Å². The molecule has 0 saturated carbocycles. The highest BCUT2D eigenvalue weighted by atomic mass is 16.2. The third kappa shape index (κ3) is 5.16. The van der Waals surface area contributed by atoms with Crippen molar-refractivity contribution >= 4 is 17.7 Å². The van der Waals surface area contributed by atoms with Gasteiger partial charge in [0, 0.05) is 36.0 Å². The van der Waals surface area contributed by atoms with Gasteiger partial charge in [-0.15, -0.1) is 0 Å². The summed E-state index contributed by atoms with van der Waals surface area (Å²) in [4.78, 5) is 30.0. The first kappa shape index (κ1) is 23.2. The van der Waals surface area contributed by atoms with Crippen molar-refractivity contribution < 1.29 is 4.79 Å². The first-order valence-corrected chi connectivity index (χ1v) is 11.3. The number of likely N-dealkylation sites (tertiary alicyclic amines) is 1. The minimum atomic E-state index is 0.0235. The van der Waals surface area contributed by atoms with Crippen molar-refractivity contribution in [2.45, 2.75) is 25.8 Å². The van der Waals surface area contributed by atoms with Crippen LogP contribution in [0.25, 0.3) is 11.3 Å². The third-order valence-electron chi connectivity index (χ3n) is 6.19. The number of rotatable bonds is 3. The number of hydrogen-bond acceptors (Lipinski definition) is 7. The van der Waals surface area contributed by atoms with E-state index in [0.29, 0.717) is 28.3 Å². The van der Waals surface area contributed by atoms with E-state index in [4.69, 9.17) is 11.5 Å². The smallest absolute Gasteiger partial charge is 0.253 e. The molecule has 1 fully saturated rings. The number of aromatic nitrogens is 3. The van der Waals surface area contributed by atoms with Crippen LogP contribution in [0.3, 0.4) is 0 Å². The lowest BCUT2D eigenvalue weighted by molar-refractivity contribution is 0.0659. The standard InChI is InChI=1S/C26H29N7O/c1-17-22(10-4-18-5-11-23(27)29-16-18)24(31-26(28)30-17)19-6-8-20(9-7-19)25(34)33(3)21-12-14-32(2)15-13-21/h5-9,11,16,21H,12-15H2,1-3H3,(H2,27,29)(H2,28,30,31). The van der Waals surface area contributed by atoms with Gasteiger partial charge < -0.3 is 21.3 Å². The molecule has 0 bridgehead atoms. The zero-order valence-corrected chi connectivity index (χ0v) is 19.7. The number of amides is 1. The average Bonchev–Trinajstić information content (AvgIpc) is 2.84. The zero-order chi connectivity index (χ0) is 24.2. The molecule has 1 aliphatic heterocycles. The van der Waals surface area contributed by atoms with Crippen molar-refractivity contribution in [1.82, 2.24) is 24.8 Å². The van der Waals surface area contributed by atoms with Gasteiger partial charge in [0.2, 0.25) is 5.95 Å². The van der Waals surface area contributed by atoms with E-state index in [0.717, 1.165) is 37.1 Å². The van der Waals surface area contributed by atoms with E-state index < -0.39 is 0 Å². The highest BCUT2D eigenvalue weighted by molar-refractivity contribution is 5.94. The Morgan fingerprint density at radius 3 is 2.41 bits per heavy atom. The molecular formula is C26H29N7O. The van der Waals surface area contributed by atoms with Gasteiger partial charge in [-0.1, -0.05) is 24.0 Å². The van der Waals surface area contributed by atoms with Gasteiger partial charge in [-0.25, -0.2) is 15.0 Å². The lowest BCUT2D eigenvalue weighted by Gasteiger charge is -2.35. The maximum absolute atomic E-state index is 13.1. The molecule has 0 spiro atoms. The van der Waals surface area contributed by atoms with Crippen molar-refractivity contribution in [2.75, 3.05) is 38.7 Å². The Kier molecular flexibility index (Phi) is 6.75. The number of anilines is 2. The van der Waals surface area contributed by atoms with Crippen molar-refractivity contribution in [3.8, 4) is 23.1 Å². The van der Waals surface area contributed by atoms with E-state index in [1.807, 2.05) is 49.2 Å². The number of nitrogens with zero attached hydrogens (tertiary/aromatic N) is 5. The normalized spacial score (nSPS) is 14.3. The first-order chi connectivity index (χ1) is 16.3. The average molecular weight is 456 g/mol. The SMILES string of the molecule is Cc1nc(N)nc(-c2ccc(C(=O)N(C)C3CCN(C)CC3)cc2)c1C#Cc1ccc(N)nc1. The summed E-state index contributed by atoms with van der Waals surface area (Å²) in [6, 6.07) is 11.2. The first-order valence-electron chi connectivity index (χ1n) is 11.3. The topological polar surface area (TPSA) is 114 Å². The predicted molar refractivity (Wildman–Crippen MR) is 134 cm³/mol. The third-order valence-corrected chi connectivity index (χ3v) is 6.19. The highest BCUT2D eigenvalue weighted by Gasteiger charge is 2.24. The molecule has 8 nitrogen and oxygen atoms in total. The Labute approximate surface area is 200 Å². The molecule has 3 aromatic rings. The number of carbonyl (C=O) groups excluding carboxylic acids is 1. The summed E-state index contributed by atoms with van der Waals surface area (Å²) < 4.78 is 0. The molecular weight excluding hydrogens is 426 g/mol. The molecule has 1 aromatic carbocycles. The molecule has 1 aliphatic rings. The Morgan fingerprint density at radius 1 is 1.06 bits per heavy atom. The Balaban J connectivity index is 1.60. The molecule has 1 saturated heterocycles. The molecule has 2 aromatic heterocycles. The Bertz CT molecular complexity index is 1240. The fourth-order valence-corrected chi connectivity index (χ4v) is 4.09. The molecule has 4 rings (SSSR count). The van der Waals surface area contributed by atoms with Crippen LogP contribution < -0.4 is 11.5 Å². The number of nitrogen functional groups attached to an aromatic ring is 2. The second-order valence-electron chi connectivity index (χ2n) is 8.64. The summed E-state index contributed by atoms with van der Waals surface area (Å²) in [7, 11) is 4.00. The van der Waals surface area contributed by atoms with Crippen LogP contribution in [0.2, 0.25) is 0 Å². The molecule has 1 amide bonds. The van der Waals surface area contributed by atoms with E-state index in [1.54, 1.807) is 12.3 Å². The molecule has 0 aliphatic carbocycles. The minimum absolute atomic E-state index is 0.0235. The van der Waals surface area contributed by atoms with E-state index in [1.165, 1.54) is 0 Å². The molecule has 0 unspecified atom stereocenters. The number of carbonyl (C=O) groups is 1. The van der Waals surface area contributed by atoms with Crippen LogP contribution in [0.4, 0.5) is 11.8 Å². The van der Waals surface area contributed by atoms with E-state index in [9.17, 15) is 4.79 Å². The van der Waals surface area contributed by atoms with Gasteiger partial charge in [-0.05, 0) is 64.2 Å². The van der Waals surface area contributed by atoms with E-state index in [-0.39, 0.29) is 17.9 Å². The zero-order valence-electron chi connectivity index (χ0n) is 19.7. The molecule has 0 atom stereocenters. The summed E-state index contributed by atoms with van der Waals surface area (Å²) >= 11 is 0. The number of pyridine rings is 1. The van der Waals surface area contributed by atoms with Gasteiger partial charge in [-0.3, -0.25) is 4.79 Å². The summed E-state index contributed by atoms with van der Waals surface area (Å²) in [6.07, 6.45) is 3.60. The molecule has 4 N–H and O–H groups in total. The number of piperidine rings is 1. The Morgan fingerprint density at radius 2 is 1.76 bits per heavy atom. The van der Waals surface area contributed by atoms with Gasteiger partial charge in [-0.2, -0.15) is 0 Å². The Hall–Kier alpha value is -3.96. The summed E-state index contributed by atoms with van der Waals surface area (Å²) in [5, 5.41) is 0. The minimum Gasteiger partial charge on any atom is -0.384 e. The van der Waals surface area contributed by atoms with Crippen LogP contribution in [0.5, 0.6) is 0 Å². The van der Waals surface area contributed by atoms with Gasteiger partial charge >= 0.3 is 0 Å². The van der Waals surface area contributed by atoms with Crippen LogP contribution in [-0.2, 0) is 0 Å². The largest absolute Gasteiger partial charge is 0.384 e. The van der Waals surface area contributed by atoms with Crippen LogP contribution in [0.1, 0.15) is 40.0 Å². The number of hydrogen-bond donors (Lipinski definition) is 2. The fourth-order valence-electron chi connectivity index (χ4n) is 4.09. The van der Waals surface area contributed by atoms with Crippen LogP contribution >= 0.6 is 0 Å². The van der Waals surface area contributed by atoms with Crippen LogP contribution in [0, 0.1) is 18.8 Å². The fraction of sp³-hybridized carbons (Fsp3) is 0.308. The molecule has 3 heterocycles. The maximum Gasteiger partial charge on any atom is 0.253 e. The van der Waals surface area contributed by atoms with Gasteiger partial charge in [0.25, 0.3) is 5.91 Å². The second kappa shape index (κ2) is 9.89. The van der Waals surface area contributed by atoms with E-state index >= 15 is 0 Å². The van der Waals surface area contributed by atoms with Crippen molar-refractivity contribution in [2.24, 2.45) is 0 Å². The van der Waals surface area contributed by atoms with Gasteiger partial charge in [0.1, 0.15) is 5.82 Å². The predicted octanol–water partition coefficient (Wildman–Crippen LogP) is 2.58. The number of nitrogens with two attached hydrogens (primary N) is 2. The van der Waals surface area contributed by atoms with Gasteiger partial charge in [0.15, 0.2) is 0 Å². The lowest BCUT2D eigenvalue weighted by Crippen LogP contribution is -2.44. The van der Waals surface area contributed by atoms with Gasteiger partial charge in [0.05, 0.1) is 17.0 Å². The molecule has 0 radical (unpaired) electrons. The van der Waals surface area contributed by atoms with E-state index in [2.05, 4.69) is 38.7 Å². The highest BCUT2D eigenvalue weighted by Crippen LogP contribution is 2.25. The second-order valence-corrected chi connectivity index (χ2v) is 8.64. The van der Waals surface area contributed by atoms with Crippen molar-refractivity contribution in [3.63, 3.8) is 0 Å². The summed E-state index contributed by atoms with van der Waals surface area (Å²) in [5.74, 6) is 6.88. The molecule has 34 heavy (non-hydrogen) atoms. The van der Waals surface area contributed by atoms with Crippen molar-refractivity contribution in [1.29, 1.82) is 0 Å². The molecule has 174 valence electrons. The van der Waals surface area contributed by atoms with Crippen LogP contribution in [-0.4, -0.2) is 63.9 Å². The molecule has 8 heteroatoms. The number of aryl methyl sites for hydroxylation is 1. The number of benzene rings is 1.